The number of aromatic nitrogens is 5. The smallest absolute Gasteiger partial charge is 0.249 e. The molecule has 0 bridgehead atoms. The average Bonchev–Trinajstić information content (AvgIpc) is 3.01. The Morgan fingerprint density at radius 2 is 2.33 bits per heavy atom. The van der Waals surface area contributed by atoms with Crippen molar-refractivity contribution in [3.63, 3.8) is 0 Å². The zero-order chi connectivity index (χ0) is 10.1. The van der Waals surface area contributed by atoms with Gasteiger partial charge in [-0.25, -0.2) is 4.98 Å². The Morgan fingerprint density at radius 3 is 3.07 bits per heavy atom. The van der Waals surface area contributed by atoms with E-state index < -0.39 is 0 Å². The van der Waals surface area contributed by atoms with E-state index in [0.29, 0.717) is 22.8 Å². The second-order valence-corrected chi connectivity index (χ2v) is 2.77. The molecule has 0 amide bonds. The van der Waals surface area contributed by atoms with Crippen LogP contribution in [0.1, 0.15) is 0 Å². The third kappa shape index (κ3) is 1.21. The van der Waals surface area contributed by atoms with Gasteiger partial charge in [-0.15, -0.1) is 5.10 Å². The maximum atomic E-state index is 5.12. The van der Waals surface area contributed by atoms with Crippen molar-refractivity contribution in [2.45, 2.75) is 0 Å². The molecular weight excluding hydrogens is 198 g/mol. The van der Waals surface area contributed by atoms with Gasteiger partial charge in [0.1, 0.15) is 18.2 Å². The molecule has 1 N–H and O–H groups in total. The van der Waals surface area contributed by atoms with E-state index in [9.17, 15) is 0 Å². The molecule has 0 aliphatic heterocycles. The highest BCUT2D eigenvalue weighted by molar-refractivity contribution is 5.72. The molecule has 0 aromatic carbocycles. The standard InChI is InChI=1S/C8H5N5O2/c1-2-14-8(9-1)7-5(4-15-12-7)6-3-10-13-11-6/h1-4H,(H,10,11,13). The van der Waals surface area contributed by atoms with E-state index in [1.807, 2.05) is 0 Å². The zero-order valence-corrected chi connectivity index (χ0v) is 7.41. The van der Waals surface area contributed by atoms with Gasteiger partial charge in [0, 0.05) is 0 Å². The minimum atomic E-state index is 0.391. The van der Waals surface area contributed by atoms with Crippen molar-refractivity contribution in [2.24, 2.45) is 0 Å². The first-order valence-corrected chi connectivity index (χ1v) is 4.16. The molecule has 3 rings (SSSR count). The monoisotopic (exact) mass is 203 g/mol. The van der Waals surface area contributed by atoms with Gasteiger partial charge in [0.15, 0.2) is 5.69 Å². The summed E-state index contributed by atoms with van der Waals surface area (Å²) in [5.41, 5.74) is 1.82. The molecule has 74 valence electrons. The summed E-state index contributed by atoms with van der Waals surface area (Å²) in [6.07, 6.45) is 6.11. The molecule has 0 aliphatic rings. The summed E-state index contributed by atoms with van der Waals surface area (Å²) < 4.78 is 9.99. The number of hydrogen-bond donors (Lipinski definition) is 1. The van der Waals surface area contributed by atoms with E-state index in [4.69, 9.17) is 8.94 Å². The van der Waals surface area contributed by atoms with Crippen LogP contribution in [0.25, 0.3) is 22.8 Å². The minimum absolute atomic E-state index is 0.391. The highest BCUT2D eigenvalue weighted by Crippen LogP contribution is 2.27. The number of hydrogen-bond acceptors (Lipinski definition) is 6. The van der Waals surface area contributed by atoms with Crippen LogP contribution in [0.2, 0.25) is 0 Å². The first-order chi connectivity index (χ1) is 7.45. The van der Waals surface area contributed by atoms with Gasteiger partial charge in [-0.3, -0.25) is 5.10 Å². The van der Waals surface area contributed by atoms with Gasteiger partial charge < -0.3 is 8.94 Å². The van der Waals surface area contributed by atoms with E-state index in [1.165, 1.54) is 18.7 Å². The third-order valence-corrected chi connectivity index (χ3v) is 1.90. The summed E-state index contributed by atoms with van der Waals surface area (Å²) in [6, 6.07) is 0. The first-order valence-electron chi connectivity index (χ1n) is 4.16. The molecule has 15 heavy (non-hydrogen) atoms. The fourth-order valence-corrected chi connectivity index (χ4v) is 1.25. The highest BCUT2D eigenvalue weighted by Gasteiger charge is 2.17. The van der Waals surface area contributed by atoms with Gasteiger partial charge in [0.05, 0.1) is 18.0 Å². The van der Waals surface area contributed by atoms with Crippen LogP contribution in [-0.4, -0.2) is 25.6 Å². The molecule has 0 unspecified atom stereocenters. The van der Waals surface area contributed by atoms with Crippen LogP contribution in [0, 0.1) is 0 Å². The minimum Gasteiger partial charge on any atom is -0.443 e. The predicted octanol–water partition coefficient (Wildman–Crippen LogP) is 1.11. The van der Waals surface area contributed by atoms with E-state index in [2.05, 4.69) is 25.6 Å². The van der Waals surface area contributed by atoms with Crippen molar-refractivity contribution in [1.29, 1.82) is 0 Å². The Kier molecular flexibility index (Phi) is 1.61. The van der Waals surface area contributed by atoms with E-state index in [-0.39, 0.29) is 0 Å². The summed E-state index contributed by atoms with van der Waals surface area (Å²) in [5.74, 6) is 0.391. The van der Waals surface area contributed by atoms with Crippen LogP contribution in [0.3, 0.4) is 0 Å². The summed E-state index contributed by atoms with van der Waals surface area (Å²) in [7, 11) is 0. The van der Waals surface area contributed by atoms with E-state index >= 15 is 0 Å². The molecule has 0 fully saturated rings. The largest absolute Gasteiger partial charge is 0.443 e. The lowest BCUT2D eigenvalue weighted by molar-refractivity contribution is 0.419. The van der Waals surface area contributed by atoms with Gasteiger partial charge >= 0.3 is 0 Å². The van der Waals surface area contributed by atoms with Crippen LogP contribution in [-0.2, 0) is 0 Å². The maximum absolute atomic E-state index is 5.12. The molecule has 3 aromatic heterocycles. The van der Waals surface area contributed by atoms with Crippen LogP contribution in [0.4, 0.5) is 0 Å². The Balaban J connectivity index is 2.15. The first kappa shape index (κ1) is 7.92. The molecule has 7 heteroatoms. The second kappa shape index (κ2) is 3.05. The number of aromatic amines is 1. The van der Waals surface area contributed by atoms with Crippen molar-refractivity contribution < 1.29 is 8.94 Å². The van der Waals surface area contributed by atoms with Crippen molar-refractivity contribution in [2.75, 3.05) is 0 Å². The van der Waals surface area contributed by atoms with Gasteiger partial charge in [0.25, 0.3) is 0 Å². The SMILES string of the molecule is c1coc(-c2nocc2-c2c[nH]nn2)n1. The van der Waals surface area contributed by atoms with Crippen molar-refractivity contribution >= 4 is 0 Å². The van der Waals surface area contributed by atoms with Gasteiger partial charge in [-0.1, -0.05) is 10.4 Å². The number of nitrogens with zero attached hydrogens (tertiary/aromatic N) is 4. The molecule has 3 heterocycles. The lowest BCUT2D eigenvalue weighted by Gasteiger charge is -1.90. The number of H-pyrrole nitrogens is 1. The third-order valence-electron chi connectivity index (χ3n) is 1.90. The topological polar surface area (TPSA) is 93.6 Å². The summed E-state index contributed by atoms with van der Waals surface area (Å²) >= 11 is 0. The molecule has 3 aromatic rings. The quantitative estimate of drug-likeness (QED) is 0.670. The van der Waals surface area contributed by atoms with E-state index in [1.54, 1.807) is 6.20 Å². The van der Waals surface area contributed by atoms with E-state index in [0.717, 1.165) is 0 Å². The highest BCUT2D eigenvalue weighted by atomic mass is 16.5. The molecular formula is C8H5N5O2. The zero-order valence-electron chi connectivity index (χ0n) is 7.41. The summed E-state index contributed by atoms with van der Waals surface area (Å²) in [4.78, 5) is 3.98. The molecule has 0 aliphatic carbocycles. The normalized spacial score (nSPS) is 10.7. The molecule has 7 nitrogen and oxygen atoms in total. The van der Waals surface area contributed by atoms with Crippen LogP contribution < -0.4 is 0 Å². The molecule has 0 saturated carbocycles. The lowest BCUT2D eigenvalue weighted by atomic mass is 10.2. The van der Waals surface area contributed by atoms with Gasteiger partial charge in [-0.05, 0) is 0 Å². The maximum Gasteiger partial charge on any atom is 0.249 e. The van der Waals surface area contributed by atoms with Crippen LogP contribution >= 0.6 is 0 Å². The summed E-state index contributed by atoms with van der Waals surface area (Å²) in [5, 5.41) is 13.9. The second-order valence-electron chi connectivity index (χ2n) is 2.77. The van der Waals surface area contributed by atoms with Crippen LogP contribution in [0.5, 0.6) is 0 Å². The number of rotatable bonds is 2. The lowest BCUT2D eigenvalue weighted by Crippen LogP contribution is -1.82. The molecule has 0 radical (unpaired) electrons. The number of oxazole rings is 1. The molecule has 0 spiro atoms. The van der Waals surface area contributed by atoms with Gasteiger partial charge in [0.2, 0.25) is 5.89 Å². The Bertz CT molecular complexity index is 491. The fourth-order valence-electron chi connectivity index (χ4n) is 1.25. The molecule has 0 saturated heterocycles. The van der Waals surface area contributed by atoms with Crippen molar-refractivity contribution in [3.8, 4) is 22.8 Å². The average molecular weight is 203 g/mol. The Morgan fingerprint density at radius 1 is 1.33 bits per heavy atom. The summed E-state index contributed by atoms with van der Waals surface area (Å²) in [6.45, 7) is 0. The Labute approximate surface area is 83.1 Å². The van der Waals surface area contributed by atoms with Crippen molar-refractivity contribution in [1.82, 2.24) is 25.6 Å². The Hall–Kier alpha value is -2.44. The fraction of sp³-hybridized carbons (Fsp3) is 0. The van der Waals surface area contributed by atoms with Gasteiger partial charge in [-0.2, -0.15) is 0 Å². The van der Waals surface area contributed by atoms with Crippen molar-refractivity contribution in [3.05, 3.63) is 24.9 Å². The molecule has 0 atom stereocenters. The number of nitrogens with one attached hydrogen (secondary N) is 1. The van der Waals surface area contributed by atoms with Crippen LogP contribution in [0.15, 0.2) is 33.9 Å². The predicted molar refractivity (Wildman–Crippen MR) is 47.4 cm³/mol.